The molecular weight excluding hydrogens is 312 g/mol. The first-order chi connectivity index (χ1) is 11.2. The molecule has 7 nitrogen and oxygen atoms in total. The van der Waals surface area contributed by atoms with E-state index in [1.165, 1.54) is 11.8 Å². The van der Waals surface area contributed by atoms with Crippen molar-refractivity contribution < 1.29 is 4.79 Å². The van der Waals surface area contributed by atoms with Crippen molar-refractivity contribution in [3.8, 4) is 17.5 Å². The lowest BCUT2D eigenvalue weighted by Gasteiger charge is -2.21. The Morgan fingerprint density at radius 3 is 2.83 bits per heavy atom. The zero-order valence-electron chi connectivity index (χ0n) is 12.5. The van der Waals surface area contributed by atoms with Crippen molar-refractivity contribution in [3.63, 3.8) is 0 Å². The summed E-state index contributed by atoms with van der Waals surface area (Å²) >= 11 is 1.25. The van der Waals surface area contributed by atoms with Gasteiger partial charge in [-0.15, -0.1) is 5.10 Å². The number of nitrogens with zero attached hydrogens (tertiary/aromatic N) is 4. The molecular formula is C15H16N6OS. The summed E-state index contributed by atoms with van der Waals surface area (Å²) in [6.45, 7) is 0. The average Bonchev–Trinajstić information content (AvgIpc) is 3.24. The van der Waals surface area contributed by atoms with Gasteiger partial charge in [-0.25, -0.2) is 4.98 Å². The molecule has 0 atom stereocenters. The fraction of sp³-hybridized carbons (Fsp3) is 0.400. The van der Waals surface area contributed by atoms with E-state index in [0.717, 1.165) is 31.2 Å². The van der Waals surface area contributed by atoms with Crippen molar-refractivity contribution in [2.24, 2.45) is 0 Å². The summed E-state index contributed by atoms with van der Waals surface area (Å²) in [5.74, 6) is 0.671. The monoisotopic (exact) mass is 328 g/mol. The third kappa shape index (κ3) is 3.68. The lowest BCUT2D eigenvalue weighted by atomic mass is 10.0. The molecule has 0 aliphatic heterocycles. The molecule has 1 amide bonds. The van der Waals surface area contributed by atoms with Gasteiger partial charge in [0.2, 0.25) is 11.1 Å². The molecule has 1 aliphatic carbocycles. The van der Waals surface area contributed by atoms with E-state index in [0.29, 0.717) is 11.0 Å². The smallest absolute Gasteiger partial charge is 0.231 e. The van der Waals surface area contributed by atoms with Gasteiger partial charge in [0.15, 0.2) is 5.82 Å². The summed E-state index contributed by atoms with van der Waals surface area (Å²) in [6.07, 6.45) is 6.79. The molecule has 8 heteroatoms. The fourth-order valence-electron chi connectivity index (χ4n) is 2.63. The molecule has 2 heterocycles. The second-order valence-corrected chi connectivity index (χ2v) is 6.38. The molecule has 1 aliphatic rings. The minimum atomic E-state index is -0.682. The van der Waals surface area contributed by atoms with Gasteiger partial charge in [-0.2, -0.15) is 5.26 Å². The Hall–Kier alpha value is -2.40. The van der Waals surface area contributed by atoms with E-state index in [-0.39, 0.29) is 11.7 Å². The second-order valence-electron chi connectivity index (χ2n) is 5.44. The number of hydrogen-bond donors (Lipinski definition) is 2. The van der Waals surface area contributed by atoms with Crippen LogP contribution in [-0.4, -0.2) is 37.4 Å². The summed E-state index contributed by atoms with van der Waals surface area (Å²) in [5.41, 5.74) is 0.206. The van der Waals surface area contributed by atoms with Crippen LogP contribution in [0.5, 0.6) is 0 Å². The Balaban J connectivity index is 1.56. The predicted molar refractivity (Wildman–Crippen MR) is 85.3 cm³/mol. The minimum Gasteiger partial charge on any atom is -0.337 e. The van der Waals surface area contributed by atoms with Crippen LogP contribution in [0.25, 0.3) is 11.4 Å². The maximum Gasteiger partial charge on any atom is 0.231 e. The maximum absolute atomic E-state index is 12.1. The Labute approximate surface area is 137 Å². The summed E-state index contributed by atoms with van der Waals surface area (Å²) in [6, 6.07) is 5.91. The van der Waals surface area contributed by atoms with Crippen LogP contribution in [0.1, 0.15) is 25.7 Å². The van der Waals surface area contributed by atoms with Gasteiger partial charge < -0.3 is 5.32 Å². The zero-order valence-corrected chi connectivity index (χ0v) is 13.3. The van der Waals surface area contributed by atoms with E-state index in [1.54, 1.807) is 12.4 Å². The van der Waals surface area contributed by atoms with Crippen LogP contribution in [0.3, 0.4) is 0 Å². The molecule has 23 heavy (non-hydrogen) atoms. The first-order valence-electron chi connectivity index (χ1n) is 7.39. The van der Waals surface area contributed by atoms with Gasteiger partial charge in [-0.1, -0.05) is 11.8 Å². The van der Waals surface area contributed by atoms with Gasteiger partial charge in [-0.05, 0) is 37.8 Å². The predicted octanol–water partition coefficient (Wildman–Crippen LogP) is 1.91. The lowest BCUT2D eigenvalue weighted by molar-refractivity contribution is -0.119. The van der Waals surface area contributed by atoms with Crippen LogP contribution >= 0.6 is 11.8 Å². The summed E-state index contributed by atoms with van der Waals surface area (Å²) in [7, 11) is 0. The normalized spacial score (nSPS) is 16.0. The SMILES string of the molecule is N#CC1(NC(=O)CSc2n[nH]c(-c3ccncc3)n2)CCCC1. The van der Waals surface area contributed by atoms with E-state index in [9.17, 15) is 10.1 Å². The number of H-pyrrole nitrogens is 1. The molecule has 2 aromatic heterocycles. The summed E-state index contributed by atoms with van der Waals surface area (Å²) in [5, 5.41) is 19.6. The quantitative estimate of drug-likeness (QED) is 0.812. The molecule has 1 fully saturated rings. The minimum absolute atomic E-state index is 0.159. The number of nitrogens with one attached hydrogen (secondary N) is 2. The number of carbonyl (C=O) groups is 1. The van der Waals surface area contributed by atoms with E-state index >= 15 is 0 Å². The number of nitriles is 1. The van der Waals surface area contributed by atoms with Crippen molar-refractivity contribution in [2.75, 3.05) is 5.75 Å². The molecule has 1 saturated carbocycles. The van der Waals surface area contributed by atoms with Crippen molar-refractivity contribution in [3.05, 3.63) is 24.5 Å². The van der Waals surface area contributed by atoms with Crippen LogP contribution in [0.2, 0.25) is 0 Å². The number of rotatable bonds is 5. The molecule has 2 N–H and O–H groups in total. The number of aromatic nitrogens is 4. The van der Waals surface area contributed by atoms with E-state index in [2.05, 4.69) is 31.6 Å². The van der Waals surface area contributed by atoms with Crippen LogP contribution in [-0.2, 0) is 4.79 Å². The number of carbonyl (C=O) groups excluding carboxylic acids is 1. The summed E-state index contributed by atoms with van der Waals surface area (Å²) < 4.78 is 0. The Bertz CT molecular complexity index is 717. The van der Waals surface area contributed by atoms with Gasteiger partial charge in [0.05, 0.1) is 11.8 Å². The second kappa shape index (κ2) is 6.79. The van der Waals surface area contributed by atoms with E-state index in [4.69, 9.17) is 0 Å². The number of aromatic amines is 1. The molecule has 0 spiro atoms. The van der Waals surface area contributed by atoms with Crippen LogP contribution < -0.4 is 5.32 Å². The molecule has 0 aromatic carbocycles. The third-order valence-corrected chi connectivity index (χ3v) is 4.65. The molecule has 118 valence electrons. The molecule has 0 bridgehead atoms. The average molecular weight is 328 g/mol. The van der Waals surface area contributed by atoms with Gasteiger partial charge in [0.1, 0.15) is 5.54 Å². The number of amides is 1. The van der Waals surface area contributed by atoms with Gasteiger partial charge in [-0.3, -0.25) is 14.9 Å². The van der Waals surface area contributed by atoms with Crippen molar-refractivity contribution in [2.45, 2.75) is 36.4 Å². The number of hydrogen-bond acceptors (Lipinski definition) is 6. The Kier molecular flexibility index (Phi) is 4.57. The van der Waals surface area contributed by atoms with Gasteiger partial charge in [0.25, 0.3) is 0 Å². The summed E-state index contributed by atoms with van der Waals surface area (Å²) in [4.78, 5) is 20.4. The van der Waals surface area contributed by atoms with Crippen LogP contribution in [0.15, 0.2) is 29.7 Å². The first-order valence-corrected chi connectivity index (χ1v) is 8.37. The van der Waals surface area contributed by atoms with Crippen molar-refractivity contribution in [1.29, 1.82) is 5.26 Å². The van der Waals surface area contributed by atoms with E-state index < -0.39 is 5.54 Å². The third-order valence-electron chi connectivity index (χ3n) is 3.80. The highest BCUT2D eigenvalue weighted by Gasteiger charge is 2.35. The Morgan fingerprint density at radius 1 is 1.39 bits per heavy atom. The standard InChI is InChI=1S/C15H16N6OS/c16-10-15(5-1-2-6-15)19-12(22)9-23-14-18-13(20-21-14)11-3-7-17-8-4-11/h3-4,7-8H,1-2,5-6,9H2,(H,19,22)(H,18,20,21). The van der Waals surface area contributed by atoms with Crippen LogP contribution in [0.4, 0.5) is 0 Å². The van der Waals surface area contributed by atoms with Gasteiger partial charge >= 0.3 is 0 Å². The fourth-order valence-corrected chi connectivity index (χ4v) is 3.22. The van der Waals surface area contributed by atoms with Gasteiger partial charge in [0, 0.05) is 18.0 Å². The van der Waals surface area contributed by atoms with Crippen molar-refractivity contribution >= 4 is 17.7 Å². The Morgan fingerprint density at radius 2 is 2.13 bits per heavy atom. The van der Waals surface area contributed by atoms with E-state index in [1.807, 2.05) is 12.1 Å². The molecule has 2 aromatic rings. The highest BCUT2D eigenvalue weighted by molar-refractivity contribution is 7.99. The maximum atomic E-state index is 12.1. The molecule has 3 rings (SSSR count). The number of thioether (sulfide) groups is 1. The van der Waals surface area contributed by atoms with Crippen molar-refractivity contribution in [1.82, 2.24) is 25.5 Å². The largest absolute Gasteiger partial charge is 0.337 e. The van der Waals surface area contributed by atoms with Crippen LogP contribution in [0, 0.1) is 11.3 Å². The number of pyridine rings is 1. The zero-order chi connectivity index (χ0) is 16.1. The molecule has 0 radical (unpaired) electrons. The molecule has 0 saturated heterocycles. The first kappa shape index (κ1) is 15.5. The highest BCUT2D eigenvalue weighted by atomic mass is 32.2. The lowest BCUT2D eigenvalue weighted by Crippen LogP contribution is -2.45. The molecule has 0 unspecified atom stereocenters. The topological polar surface area (TPSA) is 107 Å². The highest BCUT2D eigenvalue weighted by Crippen LogP contribution is 2.29.